The van der Waals surface area contributed by atoms with E-state index in [1.54, 1.807) is 0 Å². The molecule has 4 heteroatoms. The van der Waals surface area contributed by atoms with Gasteiger partial charge >= 0.3 is 0 Å². The van der Waals surface area contributed by atoms with Crippen molar-refractivity contribution in [3.8, 4) is 0 Å². The van der Waals surface area contributed by atoms with Crippen molar-refractivity contribution in [3.05, 3.63) is 0 Å². The highest BCUT2D eigenvalue weighted by atomic mass is 15.1. The van der Waals surface area contributed by atoms with Crippen LogP contribution < -0.4 is 11.5 Å². The second-order valence-electron chi connectivity index (χ2n) is 5.37. The van der Waals surface area contributed by atoms with E-state index in [1.807, 2.05) is 0 Å². The second kappa shape index (κ2) is 5.73. The standard InChI is InChI=1S/C12H24N4/c13-9-1-5-11(6-2-9)15-16-12-7-3-10(14)4-8-12/h9-12H,1-8,13-14H2. The zero-order valence-corrected chi connectivity index (χ0v) is 10.0. The first-order valence-electron chi connectivity index (χ1n) is 6.65. The Bertz CT molecular complexity index is 201. The molecule has 0 aromatic heterocycles. The van der Waals surface area contributed by atoms with Gasteiger partial charge in [0.2, 0.25) is 0 Å². The first kappa shape index (κ1) is 12.0. The van der Waals surface area contributed by atoms with E-state index >= 15 is 0 Å². The predicted octanol–water partition coefficient (Wildman–Crippen LogP) is 1.98. The fraction of sp³-hybridized carbons (Fsp3) is 1.00. The van der Waals surface area contributed by atoms with Crippen molar-refractivity contribution in [2.24, 2.45) is 21.7 Å². The van der Waals surface area contributed by atoms with Crippen LogP contribution in [0.25, 0.3) is 0 Å². The quantitative estimate of drug-likeness (QED) is 0.704. The Balaban J connectivity index is 1.72. The third-order valence-electron chi connectivity index (χ3n) is 3.88. The second-order valence-corrected chi connectivity index (χ2v) is 5.37. The van der Waals surface area contributed by atoms with Gasteiger partial charge in [-0.1, -0.05) is 0 Å². The maximum atomic E-state index is 5.87. The van der Waals surface area contributed by atoms with Crippen LogP contribution in [0.1, 0.15) is 51.4 Å². The minimum Gasteiger partial charge on any atom is -0.328 e. The lowest BCUT2D eigenvalue weighted by Gasteiger charge is -2.24. The molecule has 0 amide bonds. The third kappa shape index (κ3) is 3.52. The van der Waals surface area contributed by atoms with Crippen LogP contribution in [0.5, 0.6) is 0 Å². The Labute approximate surface area is 97.9 Å². The number of nitrogens with zero attached hydrogens (tertiary/aromatic N) is 2. The van der Waals surface area contributed by atoms with Gasteiger partial charge in [-0.25, -0.2) is 0 Å². The molecule has 2 fully saturated rings. The van der Waals surface area contributed by atoms with Crippen LogP contribution in [0.3, 0.4) is 0 Å². The minimum absolute atomic E-state index is 0.402. The van der Waals surface area contributed by atoms with Crippen molar-refractivity contribution >= 4 is 0 Å². The molecule has 0 spiro atoms. The van der Waals surface area contributed by atoms with Gasteiger partial charge in [0.1, 0.15) is 0 Å². The number of rotatable bonds is 2. The van der Waals surface area contributed by atoms with Gasteiger partial charge in [0.25, 0.3) is 0 Å². The molecule has 4 nitrogen and oxygen atoms in total. The molecule has 0 bridgehead atoms. The van der Waals surface area contributed by atoms with Crippen molar-refractivity contribution < 1.29 is 0 Å². The van der Waals surface area contributed by atoms with Gasteiger partial charge in [0, 0.05) is 12.1 Å². The van der Waals surface area contributed by atoms with Crippen LogP contribution in [-0.2, 0) is 0 Å². The molecule has 4 N–H and O–H groups in total. The van der Waals surface area contributed by atoms with Crippen molar-refractivity contribution in [1.82, 2.24) is 0 Å². The van der Waals surface area contributed by atoms with E-state index in [2.05, 4.69) is 10.2 Å². The molecule has 92 valence electrons. The zero-order valence-electron chi connectivity index (χ0n) is 10.0. The van der Waals surface area contributed by atoms with Crippen LogP contribution in [-0.4, -0.2) is 24.2 Å². The lowest BCUT2D eigenvalue weighted by atomic mass is 9.92. The van der Waals surface area contributed by atoms with E-state index in [9.17, 15) is 0 Å². The van der Waals surface area contributed by atoms with Crippen LogP contribution >= 0.6 is 0 Å². The topological polar surface area (TPSA) is 76.8 Å². The Morgan fingerprint density at radius 1 is 0.562 bits per heavy atom. The van der Waals surface area contributed by atoms with Crippen LogP contribution in [0, 0.1) is 0 Å². The van der Waals surface area contributed by atoms with Gasteiger partial charge < -0.3 is 11.5 Å². The molecule has 2 aliphatic carbocycles. The molecule has 0 aromatic carbocycles. The molecule has 0 atom stereocenters. The average molecular weight is 224 g/mol. The third-order valence-corrected chi connectivity index (χ3v) is 3.88. The molecule has 0 heterocycles. The van der Waals surface area contributed by atoms with E-state index < -0.39 is 0 Å². The summed E-state index contributed by atoms with van der Waals surface area (Å²) in [5.41, 5.74) is 11.7. The molecule has 16 heavy (non-hydrogen) atoms. The Hall–Kier alpha value is -0.480. The summed E-state index contributed by atoms with van der Waals surface area (Å²) in [6, 6.07) is 1.68. The monoisotopic (exact) mass is 224 g/mol. The number of nitrogens with two attached hydrogens (primary N) is 2. The van der Waals surface area contributed by atoms with E-state index in [4.69, 9.17) is 11.5 Å². The average Bonchev–Trinajstić information content (AvgIpc) is 2.30. The summed E-state index contributed by atoms with van der Waals surface area (Å²) in [5.74, 6) is 0. The normalized spacial score (nSPS) is 41.4. The molecule has 2 saturated carbocycles. The number of azo groups is 1. The fourth-order valence-electron chi connectivity index (χ4n) is 2.62. The van der Waals surface area contributed by atoms with Gasteiger partial charge in [-0.2, -0.15) is 10.2 Å². The van der Waals surface area contributed by atoms with Crippen LogP contribution in [0.2, 0.25) is 0 Å². The Morgan fingerprint density at radius 2 is 0.875 bits per heavy atom. The number of hydrogen-bond acceptors (Lipinski definition) is 4. The summed E-state index contributed by atoms with van der Waals surface area (Å²) in [4.78, 5) is 0. The van der Waals surface area contributed by atoms with Crippen molar-refractivity contribution in [2.75, 3.05) is 0 Å². The maximum absolute atomic E-state index is 5.87. The predicted molar refractivity (Wildman–Crippen MR) is 65.3 cm³/mol. The van der Waals surface area contributed by atoms with E-state index in [0.29, 0.717) is 24.2 Å². The largest absolute Gasteiger partial charge is 0.328 e. The lowest BCUT2D eigenvalue weighted by molar-refractivity contribution is 0.355. The van der Waals surface area contributed by atoms with E-state index in [-0.39, 0.29) is 0 Å². The van der Waals surface area contributed by atoms with Crippen molar-refractivity contribution in [3.63, 3.8) is 0 Å². The Kier molecular flexibility index (Phi) is 4.29. The summed E-state index contributed by atoms with van der Waals surface area (Å²) in [6.07, 6.45) is 8.93. The van der Waals surface area contributed by atoms with Crippen LogP contribution in [0.15, 0.2) is 10.2 Å². The molecule has 0 saturated heterocycles. The SMILES string of the molecule is NC1CCC(N=NC2CCC(N)CC2)CC1. The molecule has 0 aliphatic heterocycles. The van der Waals surface area contributed by atoms with Gasteiger partial charge in [0.15, 0.2) is 0 Å². The highest BCUT2D eigenvalue weighted by Crippen LogP contribution is 2.23. The van der Waals surface area contributed by atoms with E-state index in [1.165, 1.54) is 0 Å². The molecular formula is C12H24N4. The smallest absolute Gasteiger partial charge is 0.0709 e. The number of hydrogen-bond donors (Lipinski definition) is 2. The highest BCUT2D eigenvalue weighted by molar-refractivity contribution is 4.80. The fourth-order valence-corrected chi connectivity index (χ4v) is 2.62. The van der Waals surface area contributed by atoms with Crippen molar-refractivity contribution in [2.45, 2.75) is 75.5 Å². The van der Waals surface area contributed by atoms with E-state index in [0.717, 1.165) is 51.4 Å². The van der Waals surface area contributed by atoms with Gasteiger partial charge in [-0.05, 0) is 51.4 Å². The Morgan fingerprint density at radius 3 is 1.19 bits per heavy atom. The minimum atomic E-state index is 0.402. The summed E-state index contributed by atoms with van der Waals surface area (Å²) in [5, 5.41) is 8.99. The van der Waals surface area contributed by atoms with Gasteiger partial charge in [-0.15, -0.1) is 0 Å². The molecule has 0 aromatic rings. The summed E-state index contributed by atoms with van der Waals surface area (Å²) in [7, 11) is 0. The lowest BCUT2D eigenvalue weighted by Crippen LogP contribution is -2.29. The summed E-state index contributed by atoms with van der Waals surface area (Å²) < 4.78 is 0. The van der Waals surface area contributed by atoms with Crippen LogP contribution in [0.4, 0.5) is 0 Å². The molecule has 2 rings (SSSR count). The first-order chi connectivity index (χ1) is 7.74. The van der Waals surface area contributed by atoms with Gasteiger partial charge in [-0.3, -0.25) is 0 Å². The highest BCUT2D eigenvalue weighted by Gasteiger charge is 2.20. The zero-order chi connectivity index (χ0) is 11.4. The van der Waals surface area contributed by atoms with Crippen molar-refractivity contribution in [1.29, 1.82) is 0 Å². The summed E-state index contributed by atoms with van der Waals surface area (Å²) >= 11 is 0. The molecular weight excluding hydrogens is 200 g/mol. The molecule has 0 unspecified atom stereocenters. The molecule has 2 aliphatic rings. The van der Waals surface area contributed by atoms with Gasteiger partial charge in [0.05, 0.1) is 12.1 Å². The maximum Gasteiger partial charge on any atom is 0.0709 e. The summed E-state index contributed by atoms with van der Waals surface area (Å²) in [6.45, 7) is 0. The molecule has 0 radical (unpaired) electrons. The first-order valence-corrected chi connectivity index (χ1v) is 6.65.